The second-order valence-corrected chi connectivity index (χ2v) is 5.53. The van der Waals surface area contributed by atoms with Crippen molar-refractivity contribution in [3.63, 3.8) is 0 Å². The number of amides is 1. The third kappa shape index (κ3) is 3.03. The van der Waals surface area contributed by atoms with Crippen molar-refractivity contribution in [2.75, 3.05) is 6.54 Å². The third-order valence-electron chi connectivity index (χ3n) is 4.06. The molecule has 1 unspecified atom stereocenters. The lowest BCUT2D eigenvalue weighted by Gasteiger charge is -2.12. The smallest absolute Gasteiger partial charge is 0.227 e. The van der Waals surface area contributed by atoms with Crippen molar-refractivity contribution in [1.29, 1.82) is 0 Å². The Kier molecular flexibility index (Phi) is 4.24. The number of aromatic amines is 1. The molecule has 22 heavy (non-hydrogen) atoms. The quantitative estimate of drug-likeness (QED) is 0.741. The lowest BCUT2D eigenvalue weighted by atomic mass is 10.0. The van der Waals surface area contributed by atoms with Crippen LogP contribution < -0.4 is 5.32 Å². The summed E-state index contributed by atoms with van der Waals surface area (Å²) in [6.07, 6.45) is 2.86. The monoisotopic (exact) mass is 292 g/mol. The summed E-state index contributed by atoms with van der Waals surface area (Å²) in [5, 5.41) is 4.26. The topological polar surface area (TPSA) is 44.9 Å². The molecule has 2 N–H and O–H groups in total. The summed E-state index contributed by atoms with van der Waals surface area (Å²) in [5.41, 5.74) is 3.43. The second kappa shape index (κ2) is 6.48. The number of H-pyrrole nitrogens is 1. The maximum atomic E-state index is 12.2. The predicted octanol–water partition coefficient (Wildman–Crippen LogP) is 3.63. The molecule has 0 aliphatic rings. The fourth-order valence-electron chi connectivity index (χ4n) is 2.71. The largest absolute Gasteiger partial charge is 0.361 e. The van der Waals surface area contributed by atoms with E-state index in [9.17, 15) is 4.79 Å². The number of hydrogen-bond donors (Lipinski definition) is 2. The number of benzene rings is 2. The van der Waals surface area contributed by atoms with Gasteiger partial charge >= 0.3 is 0 Å². The fourth-order valence-corrected chi connectivity index (χ4v) is 2.71. The molecule has 0 saturated carbocycles. The minimum atomic E-state index is -0.121. The van der Waals surface area contributed by atoms with Crippen LogP contribution in [0.3, 0.4) is 0 Å². The van der Waals surface area contributed by atoms with E-state index in [0.717, 1.165) is 17.5 Å². The van der Waals surface area contributed by atoms with Crippen LogP contribution in [0.25, 0.3) is 10.9 Å². The van der Waals surface area contributed by atoms with E-state index in [2.05, 4.69) is 22.4 Å². The van der Waals surface area contributed by atoms with Gasteiger partial charge in [0.05, 0.1) is 5.92 Å². The molecule has 3 nitrogen and oxygen atoms in total. The predicted molar refractivity (Wildman–Crippen MR) is 89.9 cm³/mol. The summed E-state index contributed by atoms with van der Waals surface area (Å²) < 4.78 is 0. The van der Waals surface area contributed by atoms with E-state index in [1.165, 1.54) is 10.9 Å². The molecule has 0 aliphatic heterocycles. The van der Waals surface area contributed by atoms with Gasteiger partial charge in [0.1, 0.15) is 0 Å². The van der Waals surface area contributed by atoms with Crippen molar-refractivity contribution in [3.05, 3.63) is 71.9 Å². The molecule has 1 aromatic heterocycles. The highest BCUT2D eigenvalue weighted by atomic mass is 16.1. The third-order valence-corrected chi connectivity index (χ3v) is 4.06. The Hall–Kier alpha value is -2.55. The number of aromatic nitrogens is 1. The highest BCUT2D eigenvalue weighted by molar-refractivity contribution is 5.84. The number of carbonyl (C=O) groups is 1. The van der Waals surface area contributed by atoms with Gasteiger partial charge in [0.15, 0.2) is 0 Å². The van der Waals surface area contributed by atoms with Gasteiger partial charge in [-0.25, -0.2) is 0 Å². The first-order valence-electron chi connectivity index (χ1n) is 7.63. The van der Waals surface area contributed by atoms with Crippen molar-refractivity contribution < 1.29 is 4.79 Å². The van der Waals surface area contributed by atoms with Gasteiger partial charge in [0, 0.05) is 23.6 Å². The molecule has 0 aliphatic carbocycles. The number of hydrogen-bond acceptors (Lipinski definition) is 1. The van der Waals surface area contributed by atoms with Gasteiger partial charge in [0.2, 0.25) is 5.91 Å². The summed E-state index contributed by atoms with van der Waals surface area (Å²) in [7, 11) is 0. The zero-order valence-electron chi connectivity index (χ0n) is 12.7. The van der Waals surface area contributed by atoms with Crippen LogP contribution in [0.2, 0.25) is 0 Å². The van der Waals surface area contributed by atoms with E-state index >= 15 is 0 Å². The maximum Gasteiger partial charge on any atom is 0.227 e. The SMILES string of the molecule is CC(C(=O)NCCc1c[nH]c2ccccc12)c1ccccc1. The minimum absolute atomic E-state index is 0.0750. The van der Waals surface area contributed by atoms with Gasteiger partial charge in [-0.2, -0.15) is 0 Å². The van der Waals surface area contributed by atoms with Gasteiger partial charge in [-0.15, -0.1) is 0 Å². The van der Waals surface area contributed by atoms with Crippen LogP contribution in [0.1, 0.15) is 24.0 Å². The average Bonchev–Trinajstić information content (AvgIpc) is 2.98. The van der Waals surface area contributed by atoms with E-state index in [1.807, 2.05) is 55.6 Å². The molecule has 0 fully saturated rings. The first-order chi connectivity index (χ1) is 10.8. The number of nitrogens with one attached hydrogen (secondary N) is 2. The molecule has 0 spiro atoms. The molecule has 112 valence electrons. The Balaban J connectivity index is 1.58. The molecule has 0 bridgehead atoms. The first kappa shape index (κ1) is 14.4. The zero-order chi connectivity index (χ0) is 15.4. The molecular formula is C19H20N2O. The van der Waals surface area contributed by atoms with Crippen LogP contribution >= 0.6 is 0 Å². The van der Waals surface area contributed by atoms with Gasteiger partial charge in [0.25, 0.3) is 0 Å². The molecule has 1 amide bonds. The molecule has 3 heteroatoms. The number of para-hydroxylation sites is 1. The van der Waals surface area contributed by atoms with Crippen molar-refractivity contribution in [2.45, 2.75) is 19.3 Å². The Morgan fingerprint density at radius 1 is 1.09 bits per heavy atom. The Bertz CT molecular complexity index is 761. The fraction of sp³-hybridized carbons (Fsp3) is 0.211. The Labute approximate surface area is 130 Å². The molecule has 2 aromatic carbocycles. The van der Waals surface area contributed by atoms with Gasteiger partial charge in [-0.1, -0.05) is 48.5 Å². The van der Waals surface area contributed by atoms with Gasteiger partial charge in [-0.3, -0.25) is 4.79 Å². The lowest BCUT2D eigenvalue weighted by molar-refractivity contribution is -0.122. The summed E-state index contributed by atoms with van der Waals surface area (Å²) in [4.78, 5) is 15.5. The first-order valence-corrected chi connectivity index (χ1v) is 7.63. The van der Waals surface area contributed by atoms with Crippen LogP contribution in [0.4, 0.5) is 0 Å². The van der Waals surface area contributed by atoms with E-state index in [1.54, 1.807) is 0 Å². The summed E-state index contributed by atoms with van der Waals surface area (Å²) in [6.45, 7) is 2.59. The van der Waals surface area contributed by atoms with E-state index < -0.39 is 0 Å². The maximum absolute atomic E-state index is 12.2. The number of fused-ring (bicyclic) bond motifs is 1. The minimum Gasteiger partial charge on any atom is -0.361 e. The van der Waals surface area contributed by atoms with Crippen molar-refractivity contribution >= 4 is 16.8 Å². The highest BCUT2D eigenvalue weighted by Gasteiger charge is 2.14. The molecule has 0 saturated heterocycles. The second-order valence-electron chi connectivity index (χ2n) is 5.53. The van der Waals surface area contributed by atoms with Crippen LogP contribution in [0.5, 0.6) is 0 Å². The van der Waals surface area contributed by atoms with Gasteiger partial charge in [-0.05, 0) is 30.5 Å². The van der Waals surface area contributed by atoms with Crippen molar-refractivity contribution in [2.24, 2.45) is 0 Å². The zero-order valence-corrected chi connectivity index (χ0v) is 12.7. The summed E-state index contributed by atoms with van der Waals surface area (Å²) in [5.74, 6) is -0.0461. The molecular weight excluding hydrogens is 272 g/mol. The number of carbonyl (C=O) groups excluding carboxylic acids is 1. The molecule has 3 aromatic rings. The van der Waals surface area contributed by atoms with Crippen LogP contribution in [-0.4, -0.2) is 17.4 Å². The van der Waals surface area contributed by atoms with Crippen molar-refractivity contribution in [1.82, 2.24) is 10.3 Å². The van der Waals surface area contributed by atoms with Crippen LogP contribution in [0, 0.1) is 0 Å². The molecule has 3 rings (SSSR count). The van der Waals surface area contributed by atoms with E-state index in [0.29, 0.717) is 6.54 Å². The summed E-state index contributed by atoms with van der Waals surface area (Å²) in [6, 6.07) is 18.1. The normalized spacial score (nSPS) is 12.2. The molecule has 0 radical (unpaired) electrons. The molecule has 1 atom stereocenters. The standard InChI is InChI=1S/C19H20N2O/c1-14(15-7-3-2-4-8-15)19(22)20-12-11-16-13-21-18-10-6-5-9-17(16)18/h2-10,13-14,21H,11-12H2,1H3,(H,20,22). The highest BCUT2D eigenvalue weighted by Crippen LogP contribution is 2.18. The average molecular weight is 292 g/mol. The molecule has 1 heterocycles. The van der Waals surface area contributed by atoms with E-state index in [-0.39, 0.29) is 11.8 Å². The van der Waals surface area contributed by atoms with Gasteiger partial charge < -0.3 is 10.3 Å². The van der Waals surface area contributed by atoms with Crippen LogP contribution in [-0.2, 0) is 11.2 Å². The lowest BCUT2D eigenvalue weighted by Crippen LogP contribution is -2.29. The van der Waals surface area contributed by atoms with Crippen molar-refractivity contribution in [3.8, 4) is 0 Å². The Morgan fingerprint density at radius 3 is 2.64 bits per heavy atom. The van der Waals surface area contributed by atoms with Crippen LogP contribution in [0.15, 0.2) is 60.8 Å². The van der Waals surface area contributed by atoms with E-state index in [4.69, 9.17) is 0 Å². The summed E-state index contributed by atoms with van der Waals surface area (Å²) >= 11 is 0. The number of rotatable bonds is 5. The Morgan fingerprint density at radius 2 is 1.82 bits per heavy atom.